The first-order valence-corrected chi connectivity index (χ1v) is 8.89. The SMILES string of the molecule is O=C(Nc1ccc(N2CCN(CC(F)(F)F)CC2)cc1)c1ccc(Cl)cc1. The molecule has 1 aliphatic heterocycles. The number of nitrogens with one attached hydrogen (secondary N) is 1. The number of benzene rings is 2. The first kappa shape index (κ1) is 19.5. The Hall–Kier alpha value is -2.25. The Labute approximate surface area is 160 Å². The predicted octanol–water partition coefficient (Wildman–Crippen LogP) is 4.28. The van der Waals surface area contributed by atoms with Gasteiger partial charge in [-0.05, 0) is 48.5 Å². The van der Waals surface area contributed by atoms with Gasteiger partial charge in [-0.25, -0.2) is 0 Å². The molecule has 0 spiro atoms. The summed E-state index contributed by atoms with van der Waals surface area (Å²) in [7, 11) is 0. The van der Waals surface area contributed by atoms with E-state index < -0.39 is 12.7 Å². The zero-order valence-electron chi connectivity index (χ0n) is 14.5. The van der Waals surface area contributed by atoms with Crippen LogP contribution in [-0.2, 0) is 0 Å². The Bertz CT molecular complexity index is 770. The zero-order chi connectivity index (χ0) is 19.4. The van der Waals surface area contributed by atoms with E-state index in [1.54, 1.807) is 36.4 Å². The molecule has 0 atom stereocenters. The van der Waals surface area contributed by atoms with Crippen LogP contribution in [-0.4, -0.2) is 49.7 Å². The van der Waals surface area contributed by atoms with E-state index in [0.717, 1.165) is 5.69 Å². The van der Waals surface area contributed by atoms with Gasteiger partial charge in [-0.3, -0.25) is 9.69 Å². The average molecular weight is 398 g/mol. The Morgan fingerprint density at radius 3 is 2.11 bits per heavy atom. The highest BCUT2D eigenvalue weighted by Gasteiger charge is 2.32. The highest BCUT2D eigenvalue weighted by atomic mass is 35.5. The second kappa shape index (κ2) is 8.19. The van der Waals surface area contributed by atoms with Gasteiger partial charge >= 0.3 is 6.18 Å². The van der Waals surface area contributed by atoms with Crippen molar-refractivity contribution in [1.82, 2.24) is 4.90 Å². The van der Waals surface area contributed by atoms with E-state index in [1.807, 2.05) is 17.0 Å². The van der Waals surface area contributed by atoms with Gasteiger partial charge in [-0.1, -0.05) is 11.6 Å². The van der Waals surface area contributed by atoms with Crippen LogP contribution in [0.15, 0.2) is 48.5 Å². The van der Waals surface area contributed by atoms with Crippen LogP contribution in [0, 0.1) is 0 Å². The summed E-state index contributed by atoms with van der Waals surface area (Å²) in [5, 5.41) is 3.37. The second-order valence-corrected chi connectivity index (χ2v) is 6.82. The molecule has 4 nitrogen and oxygen atoms in total. The molecular formula is C19H19ClF3N3O. The van der Waals surface area contributed by atoms with Crippen molar-refractivity contribution in [2.24, 2.45) is 0 Å². The summed E-state index contributed by atoms with van der Waals surface area (Å²) in [5.74, 6) is -0.236. The van der Waals surface area contributed by atoms with Crippen molar-refractivity contribution in [2.75, 3.05) is 42.9 Å². The van der Waals surface area contributed by atoms with Crippen LogP contribution in [0.4, 0.5) is 24.5 Å². The first-order chi connectivity index (χ1) is 12.8. The number of carbonyl (C=O) groups is 1. The molecule has 1 amide bonds. The van der Waals surface area contributed by atoms with Gasteiger partial charge in [0.15, 0.2) is 0 Å². The number of carbonyl (C=O) groups excluding carboxylic acids is 1. The Kier molecular flexibility index (Phi) is 5.92. The smallest absolute Gasteiger partial charge is 0.369 e. The quantitative estimate of drug-likeness (QED) is 0.836. The third kappa shape index (κ3) is 5.61. The van der Waals surface area contributed by atoms with Crippen molar-refractivity contribution in [2.45, 2.75) is 6.18 Å². The lowest BCUT2D eigenvalue weighted by Crippen LogP contribution is -2.49. The van der Waals surface area contributed by atoms with Crippen LogP contribution in [0.2, 0.25) is 5.02 Å². The maximum Gasteiger partial charge on any atom is 0.401 e. The lowest BCUT2D eigenvalue weighted by atomic mass is 10.2. The summed E-state index contributed by atoms with van der Waals surface area (Å²) in [6, 6.07) is 13.9. The molecule has 0 unspecified atom stereocenters. The number of rotatable bonds is 4. The van der Waals surface area contributed by atoms with Crippen molar-refractivity contribution in [3.05, 3.63) is 59.1 Å². The molecule has 144 valence electrons. The molecule has 0 aromatic heterocycles. The van der Waals surface area contributed by atoms with E-state index in [-0.39, 0.29) is 5.91 Å². The fourth-order valence-corrected chi connectivity index (χ4v) is 3.10. The molecule has 1 N–H and O–H groups in total. The molecule has 0 aliphatic carbocycles. The number of halogens is 4. The van der Waals surface area contributed by atoms with Crippen molar-refractivity contribution in [3.8, 4) is 0 Å². The van der Waals surface area contributed by atoms with Crippen LogP contribution in [0.25, 0.3) is 0 Å². The summed E-state index contributed by atoms with van der Waals surface area (Å²) < 4.78 is 37.4. The number of nitrogens with zero attached hydrogens (tertiary/aromatic N) is 2. The standard InChI is InChI=1S/C19H19ClF3N3O/c20-15-3-1-14(2-4-15)18(27)24-16-5-7-17(8-6-16)26-11-9-25(10-12-26)13-19(21,22)23/h1-8H,9-13H2,(H,24,27). The van der Waals surface area contributed by atoms with Gasteiger partial charge in [0, 0.05) is 48.1 Å². The monoisotopic (exact) mass is 397 g/mol. The third-order valence-corrected chi connectivity index (χ3v) is 4.62. The maximum absolute atomic E-state index is 12.5. The zero-order valence-corrected chi connectivity index (χ0v) is 15.2. The van der Waals surface area contributed by atoms with Crippen molar-refractivity contribution in [3.63, 3.8) is 0 Å². The summed E-state index contributed by atoms with van der Waals surface area (Å²) >= 11 is 5.81. The normalized spacial score (nSPS) is 15.6. The largest absolute Gasteiger partial charge is 0.401 e. The van der Waals surface area contributed by atoms with Gasteiger partial charge in [0.05, 0.1) is 6.54 Å². The van der Waals surface area contributed by atoms with Crippen LogP contribution in [0.1, 0.15) is 10.4 Å². The van der Waals surface area contributed by atoms with E-state index in [1.165, 1.54) is 4.90 Å². The highest BCUT2D eigenvalue weighted by molar-refractivity contribution is 6.30. The minimum absolute atomic E-state index is 0.236. The number of amides is 1. The van der Waals surface area contributed by atoms with Crippen LogP contribution in [0.3, 0.4) is 0 Å². The van der Waals surface area contributed by atoms with Crippen molar-refractivity contribution in [1.29, 1.82) is 0 Å². The lowest BCUT2D eigenvalue weighted by Gasteiger charge is -2.36. The summed E-state index contributed by atoms with van der Waals surface area (Å²) in [5.41, 5.74) is 2.07. The number of hydrogen-bond donors (Lipinski definition) is 1. The van der Waals surface area contributed by atoms with Gasteiger partial charge in [-0.2, -0.15) is 13.2 Å². The van der Waals surface area contributed by atoms with Gasteiger partial charge < -0.3 is 10.2 Å². The van der Waals surface area contributed by atoms with Gasteiger partial charge in [0.25, 0.3) is 5.91 Å². The lowest BCUT2D eigenvalue weighted by molar-refractivity contribution is -0.146. The summed E-state index contributed by atoms with van der Waals surface area (Å²) in [6.07, 6.45) is -4.16. The van der Waals surface area contributed by atoms with Crippen LogP contribution >= 0.6 is 11.6 Å². The number of alkyl halides is 3. The molecule has 0 bridgehead atoms. The van der Waals surface area contributed by atoms with E-state index in [9.17, 15) is 18.0 Å². The molecule has 27 heavy (non-hydrogen) atoms. The predicted molar refractivity (Wildman–Crippen MR) is 101 cm³/mol. The Morgan fingerprint density at radius 1 is 0.963 bits per heavy atom. The van der Waals surface area contributed by atoms with Gasteiger partial charge in [0.1, 0.15) is 0 Å². The van der Waals surface area contributed by atoms with E-state index in [4.69, 9.17) is 11.6 Å². The minimum Gasteiger partial charge on any atom is -0.369 e. The molecular weight excluding hydrogens is 379 g/mol. The molecule has 2 aromatic carbocycles. The molecule has 1 saturated heterocycles. The third-order valence-electron chi connectivity index (χ3n) is 4.37. The topological polar surface area (TPSA) is 35.6 Å². The highest BCUT2D eigenvalue weighted by Crippen LogP contribution is 2.22. The fraction of sp³-hybridized carbons (Fsp3) is 0.316. The van der Waals surface area contributed by atoms with Gasteiger partial charge in [-0.15, -0.1) is 0 Å². The van der Waals surface area contributed by atoms with E-state index in [0.29, 0.717) is 42.5 Å². The molecule has 8 heteroatoms. The molecule has 1 aliphatic rings. The van der Waals surface area contributed by atoms with E-state index >= 15 is 0 Å². The van der Waals surface area contributed by atoms with Gasteiger partial charge in [0.2, 0.25) is 0 Å². The number of hydrogen-bond acceptors (Lipinski definition) is 3. The van der Waals surface area contributed by atoms with Crippen molar-refractivity contribution < 1.29 is 18.0 Å². The molecule has 1 heterocycles. The first-order valence-electron chi connectivity index (χ1n) is 8.51. The molecule has 0 radical (unpaired) electrons. The second-order valence-electron chi connectivity index (χ2n) is 6.39. The Morgan fingerprint density at radius 2 is 1.56 bits per heavy atom. The van der Waals surface area contributed by atoms with E-state index in [2.05, 4.69) is 5.32 Å². The van der Waals surface area contributed by atoms with Crippen LogP contribution < -0.4 is 10.2 Å². The maximum atomic E-state index is 12.5. The molecule has 2 aromatic rings. The average Bonchev–Trinajstić information content (AvgIpc) is 2.62. The fourth-order valence-electron chi connectivity index (χ4n) is 2.98. The Balaban J connectivity index is 1.55. The van der Waals surface area contributed by atoms with Crippen molar-refractivity contribution >= 4 is 28.9 Å². The minimum atomic E-state index is -4.16. The molecule has 1 fully saturated rings. The molecule has 0 saturated carbocycles. The van der Waals surface area contributed by atoms with Crippen LogP contribution in [0.5, 0.6) is 0 Å². The number of piperazine rings is 1. The number of anilines is 2. The summed E-state index contributed by atoms with van der Waals surface area (Å²) in [6.45, 7) is 0.943. The molecule has 3 rings (SSSR count). The summed E-state index contributed by atoms with van der Waals surface area (Å²) in [4.78, 5) is 15.7.